The molecule has 3 N–H and O–H groups in total. The van der Waals surface area contributed by atoms with E-state index in [1.54, 1.807) is 11.3 Å². The topological polar surface area (TPSA) is 49.5 Å². The van der Waals surface area contributed by atoms with Crippen LogP contribution in [0, 0.1) is 0 Å². The summed E-state index contributed by atoms with van der Waals surface area (Å²) in [6.45, 7) is 3.27. The van der Waals surface area contributed by atoms with Gasteiger partial charge in [0.2, 0.25) is 0 Å². The molecule has 108 valence electrons. The second kappa shape index (κ2) is 7.18. The molecule has 2 atom stereocenters. The van der Waals surface area contributed by atoms with Crippen LogP contribution >= 0.6 is 27.3 Å². The van der Waals surface area contributed by atoms with E-state index in [9.17, 15) is 0 Å². The van der Waals surface area contributed by atoms with Crippen molar-refractivity contribution in [2.45, 2.75) is 50.7 Å². The standard InChI is InChI=1S/C14H23BrN2OS/c1-10(16)14(13-8-11(15)9-19-13)17(6-3-7-18)12-4-2-5-12/h8-10,12,14,18H,2-7,16H2,1H3. The predicted molar refractivity (Wildman–Crippen MR) is 84.5 cm³/mol. The minimum absolute atomic E-state index is 0.102. The van der Waals surface area contributed by atoms with Gasteiger partial charge < -0.3 is 10.8 Å². The maximum Gasteiger partial charge on any atom is 0.0593 e. The molecule has 0 saturated heterocycles. The van der Waals surface area contributed by atoms with Crippen LogP contribution in [0.5, 0.6) is 0 Å². The lowest BCUT2D eigenvalue weighted by atomic mass is 9.89. The number of rotatable bonds is 7. The van der Waals surface area contributed by atoms with Gasteiger partial charge in [0.05, 0.1) is 6.04 Å². The molecule has 0 radical (unpaired) electrons. The van der Waals surface area contributed by atoms with Crippen molar-refractivity contribution in [3.8, 4) is 0 Å². The number of halogens is 1. The molecule has 3 nitrogen and oxygen atoms in total. The molecule has 0 aromatic carbocycles. The highest BCUT2D eigenvalue weighted by atomic mass is 79.9. The number of aliphatic hydroxyl groups excluding tert-OH is 1. The van der Waals surface area contributed by atoms with Gasteiger partial charge in [-0.2, -0.15) is 0 Å². The highest BCUT2D eigenvalue weighted by Crippen LogP contribution is 2.37. The zero-order chi connectivity index (χ0) is 13.8. The van der Waals surface area contributed by atoms with Crippen LogP contribution in [0.2, 0.25) is 0 Å². The van der Waals surface area contributed by atoms with E-state index in [-0.39, 0.29) is 18.7 Å². The molecule has 1 aliphatic rings. The molecule has 1 aromatic heterocycles. The zero-order valence-corrected chi connectivity index (χ0v) is 13.8. The third-order valence-electron chi connectivity index (χ3n) is 3.85. The molecule has 0 amide bonds. The van der Waals surface area contributed by atoms with Crippen molar-refractivity contribution in [2.75, 3.05) is 13.2 Å². The highest BCUT2D eigenvalue weighted by molar-refractivity contribution is 9.10. The smallest absolute Gasteiger partial charge is 0.0593 e. The molecule has 0 aliphatic heterocycles. The summed E-state index contributed by atoms with van der Waals surface area (Å²) in [4.78, 5) is 3.84. The number of nitrogens with zero attached hydrogens (tertiary/aromatic N) is 1. The lowest BCUT2D eigenvalue weighted by molar-refractivity contribution is 0.0628. The van der Waals surface area contributed by atoms with Crippen molar-refractivity contribution in [1.29, 1.82) is 0 Å². The summed E-state index contributed by atoms with van der Waals surface area (Å²) >= 11 is 5.30. The molecule has 1 aromatic rings. The van der Waals surface area contributed by atoms with E-state index in [4.69, 9.17) is 10.8 Å². The van der Waals surface area contributed by atoms with E-state index >= 15 is 0 Å². The SMILES string of the molecule is CC(N)C(c1cc(Br)cs1)N(CCCO)C1CCC1. The predicted octanol–water partition coefficient (Wildman–Crippen LogP) is 3.14. The van der Waals surface area contributed by atoms with Gasteiger partial charge in [-0.05, 0) is 48.2 Å². The van der Waals surface area contributed by atoms with Crippen LogP contribution in [-0.4, -0.2) is 35.2 Å². The Morgan fingerprint density at radius 3 is 2.74 bits per heavy atom. The Balaban J connectivity index is 2.17. The average molecular weight is 347 g/mol. The van der Waals surface area contributed by atoms with Gasteiger partial charge >= 0.3 is 0 Å². The van der Waals surface area contributed by atoms with E-state index in [1.807, 2.05) is 0 Å². The molecule has 0 spiro atoms. The minimum atomic E-state index is 0.102. The van der Waals surface area contributed by atoms with Gasteiger partial charge in [0.25, 0.3) is 0 Å². The lowest BCUT2D eigenvalue weighted by Gasteiger charge is -2.43. The maximum atomic E-state index is 9.12. The van der Waals surface area contributed by atoms with Crippen molar-refractivity contribution in [2.24, 2.45) is 5.73 Å². The Bertz CT molecular complexity index is 393. The molecule has 1 heterocycles. The molecule has 1 aliphatic carbocycles. The summed E-state index contributed by atoms with van der Waals surface area (Å²) in [5, 5.41) is 11.2. The third kappa shape index (κ3) is 3.79. The van der Waals surface area contributed by atoms with Gasteiger partial charge in [-0.1, -0.05) is 6.42 Å². The molecule has 1 fully saturated rings. The number of hydrogen-bond donors (Lipinski definition) is 2. The maximum absolute atomic E-state index is 9.12. The molecule has 19 heavy (non-hydrogen) atoms. The van der Waals surface area contributed by atoms with Crippen molar-refractivity contribution in [1.82, 2.24) is 4.90 Å². The number of thiophene rings is 1. The van der Waals surface area contributed by atoms with E-state index in [0.717, 1.165) is 17.4 Å². The summed E-state index contributed by atoms with van der Waals surface area (Å²) in [5.74, 6) is 0. The van der Waals surface area contributed by atoms with Crippen molar-refractivity contribution >= 4 is 27.3 Å². The van der Waals surface area contributed by atoms with Crippen molar-refractivity contribution in [3.63, 3.8) is 0 Å². The van der Waals surface area contributed by atoms with Gasteiger partial charge in [-0.25, -0.2) is 0 Å². The summed E-state index contributed by atoms with van der Waals surface area (Å²) in [6.07, 6.45) is 4.68. The molecule has 0 bridgehead atoms. The Morgan fingerprint density at radius 1 is 1.58 bits per heavy atom. The molecule has 2 rings (SSSR count). The first-order chi connectivity index (χ1) is 9.13. The first-order valence-electron chi connectivity index (χ1n) is 6.99. The first kappa shape index (κ1) is 15.4. The fourth-order valence-corrected chi connectivity index (χ4v) is 4.41. The summed E-state index contributed by atoms with van der Waals surface area (Å²) in [6, 6.07) is 3.20. The normalized spacial score (nSPS) is 19.4. The van der Waals surface area contributed by atoms with Crippen LogP contribution in [0.15, 0.2) is 15.9 Å². The molecule has 5 heteroatoms. The van der Waals surface area contributed by atoms with Crippen LogP contribution in [0.3, 0.4) is 0 Å². The lowest BCUT2D eigenvalue weighted by Crippen LogP contribution is -2.48. The second-order valence-electron chi connectivity index (χ2n) is 5.37. The van der Waals surface area contributed by atoms with E-state index in [1.165, 1.54) is 24.1 Å². The van der Waals surface area contributed by atoms with Crippen molar-refractivity contribution < 1.29 is 5.11 Å². The second-order valence-corrected chi connectivity index (χ2v) is 7.23. The zero-order valence-electron chi connectivity index (χ0n) is 11.4. The molecule has 2 unspecified atom stereocenters. The summed E-state index contributed by atoms with van der Waals surface area (Å²) in [7, 11) is 0. The monoisotopic (exact) mass is 346 g/mol. The largest absolute Gasteiger partial charge is 0.396 e. The fraction of sp³-hybridized carbons (Fsp3) is 0.714. The molecular weight excluding hydrogens is 324 g/mol. The first-order valence-corrected chi connectivity index (χ1v) is 8.67. The average Bonchev–Trinajstić information content (AvgIpc) is 2.69. The Morgan fingerprint density at radius 2 is 2.32 bits per heavy atom. The minimum Gasteiger partial charge on any atom is -0.396 e. The fourth-order valence-electron chi connectivity index (χ4n) is 2.73. The van der Waals surface area contributed by atoms with Crippen LogP contribution in [-0.2, 0) is 0 Å². The van der Waals surface area contributed by atoms with E-state index < -0.39 is 0 Å². The van der Waals surface area contributed by atoms with Gasteiger partial charge in [0.1, 0.15) is 0 Å². The van der Waals surface area contributed by atoms with Gasteiger partial charge in [-0.3, -0.25) is 4.90 Å². The quantitative estimate of drug-likeness (QED) is 0.797. The number of hydrogen-bond acceptors (Lipinski definition) is 4. The van der Waals surface area contributed by atoms with Crippen LogP contribution in [0.25, 0.3) is 0 Å². The van der Waals surface area contributed by atoms with Crippen molar-refractivity contribution in [3.05, 3.63) is 20.8 Å². The van der Waals surface area contributed by atoms with Crippen LogP contribution in [0.1, 0.15) is 43.5 Å². The number of aliphatic hydroxyl groups is 1. The molecule has 1 saturated carbocycles. The Kier molecular flexibility index (Phi) is 5.84. The summed E-state index contributed by atoms with van der Waals surface area (Å²) in [5.41, 5.74) is 6.25. The van der Waals surface area contributed by atoms with E-state index in [0.29, 0.717) is 6.04 Å². The van der Waals surface area contributed by atoms with Gasteiger partial charge in [0, 0.05) is 40.0 Å². The highest BCUT2D eigenvalue weighted by Gasteiger charge is 2.33. The van der Waals surface area contributed by atoms with Gasteiger partial charge in [0.15, 0.2) is 0 Å². The molecular formula is C14H23BrN2OS. The van der Waals surface area contributed by atoms with Crippen LogP contribution < -0.4 is 5.73 Å². The van der Waals surface area contributed by atoms with E-state index in [2.05, 4.69) is 39.2 Å². The van der Waals surface area contributed by atoms with Gasteiger partial charge in [-0.15, -0.1) is 11.3 Å². The van der Waals surface area contributed by atoms with Crippen LogP contribution in [0.4, 0.5) is 0 Å². The number of nitrogens with two attached hydrogens (primary N) is 1. The Labute approximate surface area is 127 Å². The third-order valence-corrected chi connectivity index (χ3v) is 5.62. The Hall–Kier alpha value is 0.0600. The summed E-state index contributed by atoms with van der Waals surface area (Å²) < 4.78 is 1.13.